The van der Waals surface area contributed by atoms with Gasteiger partial charge in [-0.25, -0.2) is 9.37 Å². The zero-order valence-electron chi connectivity index (χ0n) is 19.2. The Morgan fingerprint density at radius 3 is 2.40 bits per heavy atom. The predicted molar refractivity (Wildman–Crippen MR) is 133 cm³/mol. The SMILES string of the molecule is O=C(c1ccc(F)cc1)N1CCN(Cc2c(-c3ccc(Cl)cc3)nc3cnc(C4CC4)cn23)CC1. The van der Waals surface area contributed by atoms with Gasteiger partial charge < -0.3 is 4.90 Å². The van der Waals surface area contributed by atoms with Crippen molar-refractivity contribution in [1.29, 1.82) is 0 Å². The number of hydrogen-bond acceptors (Lipinski definition) is 4. The number of amides is 1. The van der Waals surface area contributed by atoms with Crippen LogP contribution in [-0.4, -0.2) is 56.3 Å². The summed E-state index contributed by atoms with van der Waals surface area (Å²) in [6.07, 6.45) is 6.40. The van der Waals surface area contributed by atoms with Gasteiger partial charge in [0, 0.05) is 61.0 Å². The molecule has 0 spiro atoms. The summed E-state index contributed by atoms with van der Waals surface area (Å²) in [5.74, 6) is 0.159. The van der Waals surface area contributed by atoms with Gasteiger partial charge in [0.25, 0.3) is 5.91 Å². The fourth-order valence-electron chi connectivity index (χ4n) is 4.69. The molecular formula is C27H25ClFN5O. The van der Waals surface area contributed by atoms with E-state index in [0.717, 1.165) is 41.4 Å². The van der Waals surface area contributed by atoms with Gasteiger partial charge in [0.05, 0.1) is 23.3 Å². The lowest BCUT2D eigenvalue weighted by atomic mass is 10.1. The van der Waals surface area contributed by atoms with E-state index < -0.39 is 0 Å². The molecule has 6 rings (SSSR count). The first-order valence-corrected chi connectivity index (χ1v) is 12.3. The van der Waals surface area contributed by atoms with Crippen molar-refractivity contribution < 1.29 is 9.18 Å². The molecule has 0 atom stereocenters. The van der Waals surface area contributed by atoms with Gasteiger partial charge in [-0.05, 0) is 49.2 Å². The fraction of sp³-hybridized carbons (Fsp3) is 0.296. The zero-order chi connectivity index (χ0) is 23.9. The van der Waals surface area contributed by atoms with E-state index in [2.05, 4.69) is 20.5 Å². The van der Waals surface area contributed by atoms with E-state index >= 15 is 0 Å². The van der Waals surface area contributed by atoms with Crippen LogP contribution in [0.4, 0.5) is 4.39 Å². The minimum Gasteiger partial charge on any atom is -0.336 e. The molecular weight excluding hydrogens is 465 g/mol. The second kappa shape index (κ2) is 9.06. The molecule has 0 bridgehead atoms. The fourth-order valence-corrected chi connectivity index (χ4v) is 4.82. The van der Waals surface area contributed by atoms with E-state index in [-0.39, 0.29) is 11.7 Å². The van der Waals surface area contributed by atoms with Gasteiger partial charge in [-0.15, -0.1) is 0 Å². The van der Waals surface area contributed by atoms with Crippen molar-refractivity contribution in [2.24, 2.45) is 0 Å². The summed E-state index contributed by atoms with van der Waals surface area (Å²) >= 11 is 6.13. The Labute approximate surface area is 208 Å². The van der Waals surface area contributed by atoms with Crippen LogP contribution in [0.15, 0.2) is 60.9 Å². The van der Waals surface area contributed by atoms with Crippen LogP contribution < -0.4 is 0 Å². The lowest BCUT2D eigenvalue weighted by molar-refractivity contribution is 0.0627. The molecule has 2 fully saturated rings. The Bertz CT molecular complexity index is 1370. The van der Waals surface area contributed by atoms with Crippen LogP contribution in [0, 0.1) is 5.82 Å². The maximum absolute atomic E-state index is 13.2. The van der Waals surface area contributed by atoms with E-state index in [1.807, 2.05) is 35.4 Å². The average Bonchev–Trinajstić information content (AvgIpc) is 3.68. The van der Waals surface area contributed by atoms with Crippen LogP contribution in [0.3, 0.4) is 0 Å². The molecule has 6 nitrogen and oxygen atoms in total. The van der Waals surface area contributed by atoms with E-state index in [4.69, 9.17) is 16.6 Å². The number of benzene rings is 2. The first kappa shape index (κ1) is 22.2. The van der Waals surface area contributed by atoms with Gasteiger partial charge in [0.15, 0.2) is 5.65 Å². The number of carbonyl (C=O) groups is 1. The Kier molecular flexibility index (Phi) is 5.74. The maximum Gasteiger partial charge on any atom is 0.253 e. The van der Waals surface area contributed by atoms with E-state index in [1.165, 1.54) is 25.0 Å². The topological polar surface area (TPSA) is 53.7 Å². The van der Waals surface area contributed by atoms with E-state index in [0.29, 0.717) is 36.1 Å². The molecule has 1 amide bonds. The normalized spacial score (nSPS) is 16.7. The van der Waals surface area contributed by atoms with Crippen LogP contribution in [0.5, 0.6) is 0 Å². The average molecular weight is 490 g/mol. The molecule has 0 unspecified atom stereocenters. The highest BCUT2D eigenvalue weighted by Gasteiger charge is 2.28. The Hall–Kier alpha value is -3.29. The molecule has 1 saturated carbocycles. The summed E-state index contributed by atoms with van der Waals surface area (Å²) in [5.41, 5.74) is 5.54. The number of hydrogen-bond donors (Lipinski definition) is 0. The standard InChI is InChI=1S/C27H25ClFN5O/c28-21-7-3-19(4-8-21)26-24(34-16-23(18-1-2-18)30-15-25(34)31-26)17-32-11-13-33(14-12-32)27(35)20-5-9-22(29)10-6-20/h3-10,15-16,18H,1-2,11-14,17H2. The Morgan fingerprint density at radius 1 is 1.00 bits per heavy atom. The molecule has 0 N–H and O–H groups in total. The summed E-state index contributed by atoms with van der Waals surface area (Å²) in [4.78, 5) is 26.6. The third kappa shape index (κ3) is 4.54. The zero-order valence-corrected chi connectivity index (χ0v) is 20.0. The lowest BCUT2D eigenvalue weighted by Crippen LogP contribution is -2.48. The third-order valence-electron chi connectivity index (χ3n) is 6.87. The summed E-state index contributed by atoms with van der Waals surface area (Å²) < 4.78 is 15.4. The Morgan fingerprint density at radius 2 is 1.71 bits per heavy atom. The molecule has 8 heteroatoms. The molecule has 178 valence electrons. The predicted octanol–water partition coefficient (Wildman–Crippen LogP) is 5.02. The van der Waals surface area contributed by atoms with E-state index in [1.54, 1.807) is 12.1 Å². The number of fused-ring (bicyclic) bond motifs is 1. The van der Waals surface area contributed by atoms with Gasteiger partial charge in [-0.1, -0.05) is 23.7 Å². The molecule has 1 aliphatic heterocycles. The summed E-state index contributed by atoms with van der Waals surface area (Å²) in [6.45, 7) is 3.46. The van der Waals surface area contributed by atoms with Crippen molar-refractivity contribution in [3.05, 3.63) is 88.7 Å². The molecule has 0 radical (unpaired) electrons. The molecule has 2 aliphatic rings. The summed E-state index contributed by atoms with van der Waals surface area (Å²) in [7, 11) is 0. The number of halogens is 2. The number of imidazole rings is 1. The van der Waals surface area contributed by atoms with E-state index in [9.17, 15) is 9.18 Å². The molecule has 4 aromatic rings. The highest BCUT2D eigenvalue weighted by atomic mass is 35.5. The van der Waals surface area contributed by atoms with Crippen molar-refractivity contribution in [3.8, 4) is 11.3 Å². The molecule has 2 aromatic heterocycles. The highest BCUT2D eigenvalue weighted by Crippen LogP contribution is 2.39. The first-order valence-electron chi connectivity index (χ1n) is 12.0. The van der Waals surface area contributed by atoms with Crippen molar-refractivity contribution in [2.75, 3.05) is 26.2 Å². The van der Waals surface area contributed by atoms with Crippen LogP contribution in [-0.2, 0) is 6.54 Å². The van der Waals surface area contributed by atoms with Gasteiger partial charge >= 0.3 is 0 Å². The summed E-state index contributed by atoms with van der Waals surface area (Å²) in [5, 5.41) is 0.693. The Balaban J connectivity index is 1.25. The lowest BCUT2D eigenvalue weighted by Gasteiger charge is -2.34. The minimum absolute atomic E-state index is 0.0542. The summed E-state index contributed by atoms with van der Waals surface area (Å²) in [6, 6.07) is 13.5. The maximum atomic E-state index is 13.2. The van der Waals surface area contributed by atoms with Crippen molar-refractivity contribution in [2.45, 2.75) is 25.3 Å². The number of aromatic nitrogens is 3. The van der Waals surface area contributed by atoms with Crippen LogP contribution in [0.2, 0.25) is 5.02 Å². The van der Waals surface area contributed by atoms with Crippen LogP contribution in [0.25, 0.3) is 16.9 Å². The second-order valence-electron chi connectivity index (χ2n) is 9.30. The highest BCUT2D eigenvalue weighted by molar-refractivity contribution is 6.30. The van der Waals surface area contributed by atoms with Crippen molar-refractivity contribution in [3.63, 3.8) is 0 Å². The molecule has 35 heavy (non-hydrogen) atoms. The third-order valence-corrected chi connectivity index (χ3v) is 7.12. The van der Waals surface area contributed by atoms with Crippen molar-refractivity contribution >= 4 is 23.2 Å². The molecule has 3 heterocycles. The first-order chi connectivity index (χ1) is 17.0. The molecule has 1 saturated heterocycles. The second-order valence-corrected chi connectivity index (χ2v) is 9.74. The van der Waals surface area contributed by atoms with Gasteiger partial charge in [0.2, 0.25) is 0 Å². The minimum atomic E-state index is -0.337. The van der Waals surface area contributed by atoms with Crippen LogP contribution >= 0.6 is 11.6 Å². The smallest absolute Gasteiger partial charge is 0.253 e. The number of nitrogens with zero attached hydrogens (tertiary/aromatic N) is 5. The number of piperazine rings is 1. The molecule has 2 aromatic carbocycles. The number of rotatable bonds is 5. The van der Waals surface area contributed by atoms with Gasteiger partial charge in [0.1, 0.15) is 5.82 Å². The monoisotopic (exact) mass is 489 g/mol. The largest absolute Gasteiger partial charge is 0.336 e. The molecule has 1 aliphatic carbocycles. The quantitative estimate of drug-likeness (QED) is 0.395. The van der Waals surface area contributed by atoms with Crippen molar-refractivity contribution in [1.82, 2.24) is 24.2 Å². The number of carbonyl (C=O) groups excluding carboxylic acids is 1. The van der Waals surface area contributed by atoms with Gasteiger partial charge in [-0.3, -0.25) is 19.1 Å². The van der Waals surface area contributed by atoms with Crippen LogP contribution in [0.1, 0.15) is 40.5 Å². The van der Waals surface area contributed by atoms with Gasteiger partial charge in [-0.2, -0.15) is 0 Å².